The number of benzene rings is 2. The molecule has 0 aliphatic heterocycles. The molecule has 0 bridgehead atoms. The number of esters is 1. The van der Waals surface area contributed by atoms with E-state index in [1.165, 1.54) is 31.2 Å². The highest BCUT2D eigenvalue weighted by molar-refractivity contribution is 6.31. The van der Waals surface area contributed by atoms with Gasteiger partial charge < -0.3 is 10.1 Å². The molecule has 2 rings (SSSR count). The third kappa shape index (κ3) is 4.98. The average molecular weight is 394 g/mol. The van der Waals surface area contributed by atoms with Crippen LogP contribution in [0.2, 0.25) is 5.02 Å². The normalized spacial score (nSPS) is 10.1. The number of hydrogen-bond donors (Lipinski definition) is 1. The fraction of sp³-hybridized carbons (Fsp3) is 0.125. The zero-order chi connectivity index (χ0) is 20.1. The molecule has 0 spiro atoms. The van der Waals surface area contributed by atoms with Crippen molar-refractivity contribution in [2.45, 2.75) is 6.92 Å². The molecule has 1 amide bonds. The van der Waals surface area contributed by atoms with E-state index in [9.17, 15) is 29.8 Å². The minimum atomic E-state index is -0.946. The first-order chi connectivity index (χ1) is 12.7. The predicted molar refractivity (Wildman–Crippen MR) is 94.9 cm³/mol. The van der Waals surface area contributed by atoms with Gasteiger partial charge in [0.1, 0.15) is 5.69 Å². The first kappa shape index (κ1) is 19.8. The lowest BCUT2D eigenvalue weighted by atomic mass is 10.1. The Bertz CT molecular complexity index is 946. The van der Waals surface area contributed by atoms with Crippen molar-refractivity contribution in [1.82, 2.24) is 0 Å². The summed E-state index contributed by atoms with van der Waals surface area (Å²) < 4.78 is 4.79. The summed E-state index contributed by atoms with van der Waals surface area (Å²) in [6, 6.07) is 7.40. The largest absolute Gasteiger partial charge is 0.452 e. The van der Waals surface area contributed by atoms with Crippen molar-refractivity contribution in [3.8, 4) is 0 Å². The summed E-state index contributed by atoms with van der Waals surface area (Å²) in [7, 11) is 0. The Morgan fingerprint density at radius 2 is 1.74 bits per heavy atom. The summed E-state index contributed by atoms with van der Waals surface area (Å²) >= 11 is 5.68. The van der Waals surface area contributed by atoms with Crippen molar-refractivity contribution in [3.63, 3.8) is 0 Å². The summed E-state index contributed by atoms with van der Waals surface area (Å²) in [6.07, 6.45) is 0. The summed E-state index contributed by atoms with van der Waals surface area (Å²) in [5.74, 6) is -1.77. The van der Waals surface area contributed by atoms with E-state index in [-0.39, 0.29) is 22.0 Å². The number of rotatable bonds is 6. The highest BCUT2D eigenvalue weighted by Crippen LogP contribution is 2.27. The smallest absolute Gasteiger partial charge is 0.338 e. The minimum Gasteiger partial charge on any atom is -0.452 e. The van der Waals surface area contributed by atoms with Crippen LogP contribution < -0.4 is 5.32 Å². The molecule has 27 heavy (non-hydrogen) atoms. The third-order valence-electron chi connectivity index (χ3n) is 3.41. The maximum Gasteiger partial charge on any atom is 0.338 e. The Labute approximate surface area is 157 Å². The van der Waals surface area contributed by atoms with E-state index in [4.69, 9.17) is 16.3 Å². The van der Waals surface area contributed by atoms with Crippen LogP contribution in [0.15, 0.2) is 36.4 Å². The van der Waals surface area contributed by atoms with Gasteiger partial charge in [0.05, 0.1) is 15.4 Å². The summed E-state index contributed by atoms with van der Waals surface area (Å²) in [6.45, 7) is 0.778. The Hall–Kier alpha value is -3.53. The lowest BCUT2D eigenvalue weighted by Crippen LogP contribution is -2.21. The van der Waals surface area contributed by atoms with Crippen molar-refractivity contribution >= 4 is 40.5 Å². The molecule has 0 atom stereocenters. The van der Waals surface area contributed by atoms with Gasteiger partial charge in [-0.2, -0.15) is 0 Å². The van der Waals surface area contributed by atoms with Gasteiger partial charge in [0.15, 0.2) is 6.61 Å². The molecule has 2 aromatic carbocycles. The standard InChI is InChI=1S/C16H12ClN3O7/c1-9-2-3-10(6-13(9)19(23)24)16(22)27-8-15(21)18-12-5-4-11(17)7-14(12)20(25)26/h2-7H,8H2,1H3,(H,18,21). The van der Waals surface area contributed by atoms with E-state index in [1.807, 2.05) is 0 Å². The fourth-order valence-electron chi connectivity index (χ4n) is 2.10. The Morgan fingerprint density at radius 1 is 1.07 bits per heavy atom. The van der Waals surface area contributed by atoms with Gasteiger partial charge in [-0.15, -0.1) is 0 Å². The Balaban J connectivity index is 2.04. The second-order valence-corrected chi connectivity index (χ2v) is 5.74. The van der Waals surface area contributed by atoms with Gasteiger partial charge in [0, 0.05) is 22.7 Å². The molecule has 0 aromatic heterocycles. The summed E-state index contributed by atoms with van der Waals surface area (Å²) in [5, 5.41) is 24.2. The topological polar surface area (TPSA) is 142 Å². The minimum absolute atomic E-state index is 0.0995. The number of aryl methyl sites for hydroxylation is 1. The maximum absolute atomic E-state index is 12.0. The van der Waals surface area contributed by atoms with Crippen molar-refractivity contribution in [1.29, 1.82) is 0 Å². The molecule has 0 aliphatic rings. The molecular weight excluding hydrogens is 382 g/mol. The zero-order valence-electron chi connectivity index (χ0n) is 13.8. The van der Waals surface area contributed by atoms with Crippen LogP contribution in [0.1, 0.15) is 15.9 Å². The molecule has 1 N–H and O–H groups in total. The molecule has 0 saturated heterocycles. The molecule has 0 heterocycles. The van der Waals surface area contributed by atoms with Crippen LogP contribution in [0.3, 0.4) is 0 Å². The number of nitro groups is 2. The highest BCUT2D eigenvalue weighted by atomic mass is 35.5. The molecule has 0 saturated carbocycles. The van der Waals surface area contributed by atoms with Crippen LogP contribution in [0.25, 0.3) is 0 Å². The Morgan fingerprint density at radius 3 is 2.37 bits per heavy atom. The van der Waals surface area contributed by atoms with Crippen LogP contribution >= 0.6 is 11.6 Å². The number of carbonyl (C=O) groups excluding carboxylic acids is 2. The molecule has 0 fully saturated rings. The lowest BCUT2D eigenvalue weighted by molar-refractivity contribution is -0.385. The molecule has 11 heteroatoms. The van der Waals surface area contributed by atoms with E-state index in [0.29, 0.717) is 5.56 Å². The number of amides is 1. The molecule has 140 valence electrons. The van der Waals surface area contributed by atoms with Crippen molar-refractivity contribution < 1.29 is 24.2 Å². The van der Waals surface area contributed by atoms with Crippen LogP contribution in [-0.2, 0) is 9.53 Å². The molecule has 2 aromatic rings. The van der Waals surface area contributed by atoms with Crippen LogP contribution in [0.4, 0.5) is 17.1 Å². The number of carbonyl (C=O) groups is 2. The SMILES string of the molecule is Cc1ccc(C(=O)OCC(=O)Nc2ccc(Cl)cc2[N+](=O)[O-])cc1[N+](=O)[O-]. The van der Waals surface area contributed by atoms with Crippen molar-refractivity contribution in [3.05, 3.63) is 72.8 Å². The van der Waals surface area contributed by atoms with Gasteiger partial charge in [0.2, 0.25) is 0 Å². The number of nitrogens with zero attached hydrogens (tertiary/aromatic N) is 2. The van der Waals surface area contributed by atoms with E-state index in [1.54, 1.807) is 0 Å². The van der Waals surface area contributed by atoms with E-state index in [2.05, 4.69) is 5.32 Å². The van der Waals surface area contributed by atoms with E-state index >= 15 is 0 Å². The lowest BCUT2D eigenvalue weighted by Gasteiger charge is -2.08. The number of anilines is 1. The molecular formula is C16H12ClN3O7. The van der Waals surface area contributed by atoms with Crippen LogP contribution in [-0.4, -0.2) is 28.3 Å². The fourth-order valence-corrected chi connectivity index (χ4v) is 2.26. The van der Waals surface area contributed by atoms with Gasteiger partial charge >= 0.3 is 5.97 Å². The molecule has 0 radical (unpaired) electrons. The zero-order valence-corrected chi connectivity index (χ0v) is 14.6. The first-order valence-corrected chi connectivity index (χ1v) is 7.73. The van der Waals surface area contributed by atoms with E-state index in [0.717, 1.165) is 12.1 Å². The molecule has 0 unspecified atom stereocenters. The number of hydrogen-bond acceptors (Lipinski definition) is 7. The highest BCUT2D eigenvalue weighted by Gasteiger charge is 2.19. The maximum atomic E-state index is 12.0. The number of nitro benzene ring substituents is 2. The van der Waals surface area contributed by atoms with Crippen LogP contribution in [0, 0.1) is 27.2 Å². The van der Waals surface area contributed by atoms with E-state index < -0.39 is 34.0 Å². The van der Waals surface area contributed by atoms with Gasteiger partial charge in [-0.05, 0) is 25.1 Å². The van der Waals surface area contributed by atoms with Crippen molar-refractivity contribution in [2.24, 2.45) is 0 Å². The Kier molecular flexibility index (Phi) is 6.03. The average Bonchev–Trinajstić information content (AvgIpc) is 2.61. The first-order valence-electron chi connectivity index (χ1n) is 7.35. The second kappa shape index (κ2) is 8.23. The van der Waals surface area contributed by atoms with Gasteiger partial charge in [-0.3, -0.25) is 25.0 Å². The summed E-state index contributed by atoms with van der Waals surface area (Å²) in [4.78, 5) is 44.4. The third-order valence-corrected chi connectivity index (χ3v) is 3.64. The van der Waals surface area contributed by atoms with Gasteiger partial charge in [-0.1, -0.05) is 17.7 Å². The molecule has 10 nitrogen and oxygen atoms in total. The number of nitrogens with one attached hydrogen (secondary N) is 1. The van der Waals surface area contributed by atoms with Crippen LogP contribution in [0.5, 0.6) is 0 Å². The number of halogens is 1. The van der Waals surface area contributed by atoms with Crippen molar-refractivity contribution in [2.75, 3.05) is 11.9 Å². The van der Waals surface area contributed by atoms with Gasteiger partial charge in [-0.25, -0.2) is 4.79 Å². The summed E-state index contributed by atoms with van der Waals surface area (Å²) in [5.41, 5.74) is -0.527. The number of ether oxygens (including phenoxy) is 1. The van der Waals surface area contributed by atoms with Gasteiger partial charge in [0.25, 0.3) is 17.3 Å². The quantitative estimate of drug-likeness (QED) is 0.450. The molecule has 0 aliphatic carbocycles. The second-order valence-electron chi connectivity index (χ2n) is 5.30. The predicted octanol–water partition coefficient (Wildman–Crippen LogP) is 3.26. The monoisotopic (exact) mass is 393 g/mol.